The van der Waals surface area contributed by atoms with Gasteiger partial charge in [0, 0.05) is 37.1 Å². The van der Waals surface area contributed by atoms with E-state index in [4.69, 9.17) is 15.5 Å². The highest BCUT2D eigenvalue weighted by molar-refractivity contribution is 9.09. The quantitative estimate of drug-likeness (QED) is 0.0929. The fourth-order valence-corrected chi connectivity index (χ4v) is 4.85. The number of anilines is 1. The number of halogens is 1. The van der Waals surface area contributed by atoms with Gasteiger partial charge < -0.3 is 30.6 Å². The van der Waals surface area contributed by atoms with E-state index in [1.165, 1.54) is 12.1 Å². The number of rotatable bonds is 14. The van der Waals surface area contributed by atoms with Gasteiger partial charge in [0.2, 0.25) is 5.91 Å². The van der Waals surface area contributed by atoms with E-state index in [2.05, 4.69) is 49.9 Å². The number of benzene rings is 2. The highest BCUT2D eigenvalue weighted by Crippen LogP contribution is 2.32. The van der Waals surface area contributed by atoms with Crippen LogP contribution in [0.25, 0.3) is 21.9 Å². The Kier molecular flexibility index (Phi) is 10.00. The Bertz CT molecular complexity index is 1440. The van der Waals surface area contributed by atoms with Crippen LogP contribution >= 0.6 is 15.9 Å². The maximum atomic E-state index is 11.2. The standard InChI is InChI=1S/C29H36BrN5O4/c1-2-3-7-25-34-27-28(35(25)18-20-16-21(36)9-11-24(20)37)22-15-19(8-10-23(22)33-29(27)31)6-4-13-39-14-5-12-32-26(38)17-30/h8-11,15-16,36-37H,2-7,12-14,17-18H2,1H3,(H2,31,33)(H,32,38). The molecule has 0 radical (unpaired) electrons. The highest BCUT2D eigenvalue weighted by Gasteiger charge is 2.19. The molecule has 0 aliphatic heterocycles. The molecular formula is C29H36BrN5O4. The van der Waals surface area contributed by atoms with Gasteiger partial charge in [0.05, 0.1) is 22.9 Å². The zero-order valence-corrected chi connectivity index (χ0v) is 23.8. The second-order valence-corrected chi connectivity index (χ2v) is 10.2. The Hall–Kier alpha value is -3.37. The van der Waals surface area contributed by atoms with E-state index in [1.54, 1.807) is 6.07 Å². The number of nitrogens with zero attached hydrogens (tertiary/aromatic N) is 3. The lowest BCUT2D eigenvalue weighted by molar-refractivity contribution is -0.118. The number of fused-ring (bicyclic) bond motifs is 3. The van der Waals surface area contributed by atoms with E-state index in [-0.39, 0.29) is 17.4 Å². The molecule has 39 heavy (non-hydrogen) atoms. The first-order valence-corrected chi connectivity index (χ1v) is 14.5. The minimum atomic E-state index is -0.0193. The molecule has 0 saturated heterocycles. The van der Waals surface area contributed by atoms with E-state index in [1.807, 2.05) is 6.07 Å². The zero-order chi connectivity index (χ0) is 27.8. The molecule has 4 rings (SSSR count). The number of phenols is 2. The second kappa shape index (κ2) is 13.6. The predicted molar refractivity (Wildman–Crippen MR) is 157 cm³/mol. The maximum absolute atomic E-state index is 11.2. The number of nitrogens with two attached hydrogens (primary N) is 1. The van der Waals surface area contributed by atoms with E-state index >= 15 is 0 Å². The normalized spacial score (nSPS) is 11.4. The first-order valence-electron chi connectivity index (χ1n) is 13.4. The summed E-state index contributed by atoms with van der Waals surface area (Å²) in [5.74, 6) is 1.45. The van der Waals surface area contributed by atoms with Crippen LogP contribution in [-0.2, 0) is 28.9 Å². The van der Waals surface area contributed by atoms with Gasteiger partial charge >= 0.3 is 0 Å². The number of hydrogen-bond acceptors (Lipinski definition) is 7. The summed E-state index contributed by atoms with van der Waals surface area (Å²) in [5.41, 5.74) is 10.5. The lowest BCUT2D eigenvalue weighted by atomic mass is 10.1. The number of hydrogen-bond donors (Lipinski definition) is 4. The smallest absolute Gasteiger partial charge is 0.230 e. The third-order valence-corrected chi connectivity index (χ3v) is 7.16. The van der Waals surface area contributed by atoms with Gasteiger partial charge in [0.1, 0.15) is 22.8 Å². The van der Waals surface area contributed by atoms with E-state index in [0.717, 1.165) is 66.3 Å². The molecule has 1 amide bonds. The fourth-order valence-electron chi connectivity index (χ4n) is 4.65. The summed E-state index contributed by atoms with van der Waals surface area (Å²) in [6.45, 7) is 4.33. The number of imidazole rings is 1. The number of nitrogens with one attached hydrogen (secondary N) is 1. The molecule has 2 aromatic carbocycles. The third kappa shape index (κ3) is 7.19. The molecule has 5 N–H and O–H groups in total. The summed E-state index contributed by atoms with van der Waals surface area (Å²) < 4.78 is 7.84. The van der Waals surface area contributed by atoms with E-state index < -0.39 is 0 Å². The molecule has 0 fully saturated rings. The molecule has 2 heterocycles. The van der Waals surface area contributed by atoms with Crippen LogP contribution in [0.15, 0.2) is 36.4 Å². The average molecular weight is 599 g/mol. The zero-order valence-electron chi connectivity index (χ0n) is 22.3. The Balaban J connectivity index is 1.57. The molecule has 2 aromatic heterocycles. The number of ether oxygens (including phenoxy) is 1. The molecule has 10 heteroatoms. The minimum absolute atomic E-state index is 0.0193. The number of aromatic hydroxyl groups is 2. The first-order chi connectivity index (χ1) is 18.9. The number of phenolic OH excluding ortho intramolecular Hbond substituents is 2. The van der Waals surface area contributed by atoms with Crippen LogP contribution < -0.4 is 11.1 Å². The Morgan fingerprint density at radius 3 is 2.69 bits per heavy atom. The van der Waals surface area contributed by atoms with Crippen LogP contribution in [0.5, 0.6) is 11.5 Å². The van der Waals surface area contributed by atoms with Crippen LogP contribution in [0.2, 0.25) is 0 Å². The monoisotopic (exact) mass is 597 g/mol. The minimum Gasteiger partial charge on any atom is -0.508 e. The van der Waals surface area contributed by atoms with Gasteiger partial charge in [-0.1, -0.05) is 35.3 Å². The van der Waals surface area contributed by atoms with Crippen molar-refractivity contribution in [3.63, 3.8) is 0 Å². The largest absolute Gasteiger partial charge is 0.508 e. The number of nitrogen functional groups attached to an aromatic ring is 1. The van der Waals surface area contributed by atoms with Gasteiger partial charge in [0.15, 0.2) is 5.82 Å². The molecule has 9 nitrogen and oxygen atoms in total. The average Bonchev–Trinajstić information content (AvgIpc) is 3.30. The SMILES string of the molecule is CCCCc1nc2c(N)nc3ccc(CCCOCCCNC(=O)CBr)cc3c2n1Cc1cc(O)ccc1O. The number of aryl methyl sites for hydroxylation is 2. The summed E-state index contributed by atoms with van der Waals surface area (Å²) in [5, 5.41) is 24.6. The predicted octanol–water partition coefficient (Wildman–Crippen LogP) is 4.82. The number of alkyl halides is 1. The molecule has 4 aromatic rings. The summed E-state index contributed by atoms with van der Waals surface area (Å²) in [6, 6.07) is 10.8. The maximum Gasteiger partial charge on any atom is 0.230 e. The number of amides is 1. The topological polar surface area (TPSA) is 136 Å². The first kappa shape index (κ1) is 28.6. The van der Waals surface area contributed by atoms with Crippen molar-refractivity contribution < 1.29 is 19.7 Å². The third-order valence-electron chi connectivity index (χ3n) is 6.65. The molecule has 0 spiro atoms. The van der Waals surface area contributed by atoms with Crippen LogP contribution in [0.4, 0.5) is 5.82 Å². The molecule has 0 aliphatic carbocycles. The van der Waals surface area contributed by atoms with Crippen molar-refractivity contribution in [3.8, 4) is 11.5 Å². The Morgan fingerprint density at radius 2 is 1.90 bits per heavy atom. The number of carbonyl (C=O) groups excluding carboxylic acids is 1. The van der Waals surface area contributed by atoms with Gasteiger partial charge in [-0.15, -0.1) is 0 Å². The molecule has 0 unspecified atom stereocenters. The van der Waals surface area contributed by atoms with Crippen molar-refractivity contribution in [1.82, 2.24) is 19.9 Å². The molecule has 0 saturated carbocycles. The van der Waals surface area contributed by atoms with Crippen molar-refractivity contribution in [2.75, 3.05) is 30.8 Å². The van der Waals surface area contributed by atoms with Gasteiger partial charge in [-0.05, 0) is 61.6 Å². The lowest BCUT2D eigenvalue weighted by Crippen LogP contribution is -2.26. The number of carbonyl (C=O) groups is 1. The van der Waals surface area contributed by atoms with Gasteiger partial charge in [-0.3, -0.25) is 4.79 Å². The van der Waals surface area contributed by atoms with Gasteiger partial charge in [-0.2, -0.15) is 0 Å². The fraction of sp³-hybridized carbons (Fsp3) is 0.414. The lowest BCUT2D eigenvalue weighted by Gasteiger charge is -2.13. The van der Waals surface area contributed by atoms with Crippen molar-refractivity contribution in [2.24, 2.45) is 0 Å². The Morgan fingerprint density at radius 1 is 1.08 bits per heavy atom. The number of unbranched alkanes of at least 4 members (excludes halogenated alkanes) is 1. The van der Waals surface area contributed by atoms with Gasteiger partial charge in [-0.25, -0.2) is 9.97 Å². The van der Waals surface area contributed by atoms with Crippen LogP contribution in [0.3, 0.4) is 0 Å². The molecular weight excluding hydrogens is 562 g/mol. The van der Waals surface area contributed by atoms with Crippen LogP contribution in [-0.4, -0.2) is 55.7 Å². The summed E-state index contributed by atoms with van der Waals surface area (Å²) in [7, 11) is 0. The summed E-state index contributed by atoms with van der Waals surface area (Å²) in [6.07, 6.45) is 5.23. The van der Waals surface area contributed by atoms with E-state index in [9.17, 15) is 15.0 Å². The second-order valence-electron chi connectivity index (χ2n) is 9.63. The molecule has 0 aliphatic rings. The molecule has 0 bridgehead atoms. The number of aromatic nitrogens is 3. The number of pyridine rings is 1. The van der Waals surface area contributed by atoms with Crippen molar-refractivity contribution in [1.29, 1.82) is 0 Å². The molecule has 208 valence electrons. The Labute approximate surface area is 236 Å². The van der Waals surface area contributed by atoms with Crippen LogP contribution in [0, 0.1) is 0 Å². The van der Waals surface area contributed by atoms with Gasteiger partial charge in [0.25, 0.3) is 0 Å². The summed E-state index contributed by atoms with van der Waals surface area (Å²) >= 11 is 3.13. The van der Waals surface area contributed by atoms with Crippen molar-refractivity contribution in [2.45, 2.75) is 52.0 Å². The highest BCUT2D eigenvalue weighted by atomic mass is 79.9. The van der Waals surface area contributed by atoms with Crippen molar-refractivity contribution in [3.05, 3.63) is 53.3 Å². The van der Waals surface area contributed by atoms with Crippen LogP contribution in [0.1, 0.15) is 49.6 Å². The summed E-state index contributed by atoms with van der Waals surface area (Å²) in [4.78, 5) is 20.8. The molecule has 0 atom stereocenters. The van der Waals surface area contributed by atoms with E-state index in [0.29, 0.717) is 48.5 Å². The van der Waals surface area contributed by atoms with Crippen molar-refractivity contribution >= 4 is 49.6 Å².